The predicted octanol–water partition coefficient (Wildman–Crippen LogP) is 3.86. The van der Waals surface area contributed by atoms with Crippen molar-refractivity contribution in [2.45, 2.75) is 33.6 Å². The Balaban J connectivity index is 2.89. The van der Waals surface area contributed by atoms with Crippen molar-refractivity contribution in [3.63, 3.8) is 0 Å². The van der Waals surface area contributed by atoms with E-state index in [1.54, 1.807) is 6.07 Å². The molecule has 0 aromatic heterocycles. The van der Waals surface area contributed by atoms with Crippen LogP contribution in [0.2, 0.25) is 0 Å². The van der Waals surface area contributed by atoms with Gasteiger partial charge in [0.1, 0.15) is 0 Å². The number of hydrogen-bond acceptors (Lipinski definition) is 0. The number of aryl methyl sites for hydroxylation is 1. The number of benzene rings is 1. The number of rotatable bonds is 3. The molecular weight excluding hydrogens is 182 g/mol. The fourth-order valence-corrected chi connectivity index (χ4v) is 1.43. The molecule has 1 aromatic rings. The van der Waals surface area contributed by atoms with Crippen LogP contribution in [0, 0.1) is 24.5 Å². The third-order valence-corrected chi connectivity index (χ3v) is 2.40. The van der Waals surface area contributed by atoms with E-state index in [1.165, 1.54) is 6.07 Å². The summed E-state index contributed by atoms with van der Waals surface area (Å²) in [4.78, 5) is 0. The van der Waals surface area contributed by atoms with Crippen LogP contribution in [0.5, 0.6) is 0 Å². The van der Waals surface area contributed by atoms with E-state index in [2.05, 4.69) is 13.8 Å². The molecule has 0 spiro atoms. The van der Waals surface area contributed by atoms with Crippen LogP contribution in [0.4, 0.5) is 8.78 Å². The SMILES string of the molecule is Cc1ccc(F)c(F)c1CCC(C)C. The fourth-order valence-electron chi connectivity index (χ4n) is 1.43. The van der Waals surface area contributed by atoms with Crippen LogP contribution < -0.4 is 0 Å². The number of hydrogen-bond donors (Lipinski definition) is 0. The fraction of sp³-hybridized carbons (Fsp3) is 0.500. The summed E-state index contributed by atoms with van der Waals surface area (Å²) < 4.78 is 26.2. The molecule has 14 heavy (non-hydrogen) atoms. The van der Waals surface area contributed by atoms with Crippen LogP contribution in [0.3, 0.4) is 0 Å². The minimum Gasteiger partial charge on any atom is -0.204 e. The Morgan fingerprint density at radius 1 is 1.21 bits per heavy atom. The van der Waals surface area contributed by atoms with Gasteiger partial charge < -0.3 is 0 Å². The molecule has 0 unspecified atom stereocenters. The van der Waals surface area contributed by atoms with E-state index in [9.17, 15) is 8.78 Å². The summed E-state index contributed by atoms with van der Waals surface area (Å²) in [7, 11) is 0. The normalized spacial score (nSPS) is 11.0. The van der Waals surface area contributed by atoms with Crippen LogP contribution in [-0.4, -0.2) is 0 Å². The standard InChI is InChI=1S/C12H16F2/c1-8(2)4-6-10-9(3)5-7-11(13)12(10)14/h5,7-8H,4,6H2,1-3H3. The Bertz CT molecular complexity index is 316. The molecule has 0 amide bonds. The smallest absolute Gasteiger partial charge is 0.162 e. The lowest BCUT2D eigenvalue weighted by molar-refractivity contribution is 0.488. The highest BCUT2D eigenvalue weighted by Gasteiger charge is 2.11. The molecule has 0 heterocycles. The molecule has 0 fully saturated rings. The number of halogens is 2. The van der Waals surface area contributed by atoms with Gasteiger partial charge in [0.15, 0.2) is 11.6 Å². The molecule has 78 valence electrons. The van der Waals surface area contributed by atoms with Crippen LogP contribution in [0.1, 0.15) is 31.4 Å². The van der Waals surface area contributed by atoms with Crippen molar-refractivity contribution in [1.29, 1.82) is 0 Å². The average molecular weight is 198 g/mol. The lowest BCUT2D eigenvalue weighted by atomic mass is 9.98. The zero-order valence-corrected chi connectivity index (χ0v) is 8.90. The third-order valence-electron chi connectivity index (χ3n) is 2.40. The molecule has 2 heteroatoms. The van der Waals surface area contributed by atoms with Crippen LogP contribution in [-0.2, 0) is 6.42 Å². The first-order chi connectivity index (χ1) is 6.52. The Kier molecular flexibility index (Phi) is 3.62. The van der Waals surface area contributed by atoms with E-state index in [-0.39, 0.29) is 0 Å². The Morgan fingerprint density at radius 2 is 1.86 bits per heavy atom. The van der Waals surface area contributed by atoms with Crippen molar-refractivity contribution in [3.8, 4) is 0 Å². The van der Waals surface area contributed by atoms with Gasteiger partial charge in [-0.15, -0.1) is 0 Å². The summed E-state index contributed by atoms with van der Waals surface area (Å²) in [6.07, 6.45) is 1.51. The van der Waals surface area contributed by atoms with Gasteiger partial charge in [-0.1, -0.05) is 19.9 Å². The lowest BCUT2D eigenvalue weighted by Gasteiger charge is -2.09. The molecule has 0 radical (unpaired) electrons. The summed E-state index contributed by atoms with van der Waals surface area (Å²) in [5, 5.41) is 0. The summed E-state index contributed by atoms with van der Waals surface area (Å²) in [6.45, 7) is 5.97. The maximum absolute atomic E-state index is 13.3. The highest BCUT2D eigenvalue weighted by molar-refractivity contribution is 5.28. The minimum atomic E-state index is -0.741. The van der Waals surface area contributed by atoms with Gasteiger partial charge in [-0.25, -0.2) is 8.78 Å². The first-order valence-corrected chi connectivity index (χ1v) is 4.96. The molecule has 1 rings (SSSR count). The van der Waals surface area contributed by atoms with Crippen molar-refractivity contribution < 1.29 is 8.78 Å². The molecule has 0 bridgehead atoms. The van der Waals surface area contributed by atoms with E-state index in [0.29, 0.717) is 17.9 Å². The molecule has 0 saturated heterocycles. The quantitative estimate of drug-likeness (QED) is 0.691. The van der Waals surface area contributed by atoms with Gasteiger partial charge in [0, 0.05) is 0 Å². The van der Waals surface area contributed by atoms with Gasteiger partial charge in [0.25, 0.3) is 0 Å². The second-order valence-corrected chi connectivity index (χ2v) is 4.09. The largest absolute Gasteiger partial charge is 0.204 e. The maximum Gasteiger partial charge on any atom is 0.162 e. The van der Waals surface area contributed by atoms with Gasteiger partial charge in [-0.3, -0.25) is 0 Å². The second-order valence-electron chi connectivity index (χ2n) is 4.09. The van der Waals surface area contributed by atoms with Gasteiger partial charge in [0.05, 0.1) is 0 Å². The summed E-state index contributed by atoms with van der Waals surface area (Å²) in [6, 6.07) is 2.82. The first kappa shape index (κ1) is 11.2. The molecular formula is C12H16F2. The van der Waals surface area contributed by atoms with Crippen molar-refractivity contribution in [1.82, 2.24) is 0 Å². The van der Waals surface area contributed by atoms with Crippen LogP contribution in [0.15, 0.2) is 12.1 Å². The highest BCUT2D eigenvalue weighted by atomic mass is 19.2. The molecule has 0 aliphatic carbocycles. The van der Waals surface area contributed by atoms with E-state index in [1.807, 2.05) is 6.92 Å². The van der Waals surface area contributed by atoms with Crippen molar-refractivity contribution in [2.75, 3.05) is 0 Å². The molecule has 0 atom stereocenters. The van der Waals surface area contributed by atoms with Crippen LogP contribution in [0.25, 0.3) is 0 Å². The molecule has 0 saturated carbocycles. The zero-order chi connectivity index (χ0) is 10.7. The Labute approximate surface area is 84.0 Å². The predicted molar refractivity (Wildman–Crippen MR) is 54.3 cm³/mol. The molecule has 0 nitrogen and oxygen atoms in total. The third kappa shape index (κ3) is 2.53. The molecule has 0 aliphatic heterocycles. The Hall–Kier alpha value is -0.920. The Morgan fingerprint density at radius 3 is 2.43 bits per heavy atom. The molecule has 0 aliphatic rings. The second kappa shape index (κ2) is 4.54. The van der Waals surface area contributed by atoms with E-state index < -0.39 is 11.6 Å². The topological polar surface area (TPSA) is 0 Å². The maximum atomic E-state index is 13.3. The van der Waals surface area contributed by atoms with E-state index in [4.69, 9.17) is 0 Å². The summed E-state index contributed by atoms with van der Waals surface area (Å²) in [5.41, 5.74) is 1.36. The van der Waals surface area contributed by atoms with Crippen molar-refractivity contribution in [2.24, 2.45) is 5.92 Å². The summed E-state index contributed by atoms with van der Waals surface area (Å²) in [5.74, 6) is -0.905. The van der Waals surface area contributed by atoms with Crippen LogP contribution >= 0.6 is 0 Å². The van der Waals surface area contributed by atoms with Gasteiger partial charge in [-0.2, -0.15) is 0 Å². The zero-order valence-electron chi connectivity index (χ0n) is 8.90. The van der Waals surface area contributed by atoms with Gasteiger partial charge in [0.2, 0.25) is 0 Å². The lowest BCUT2D eigenvalue weighted by Crippen LogP contribution is -2.00. The summed E-state index contributed by atoms with van der Waals surface area (Å²) >= 11 is 0. The molecule has 1 aromatic carbocycles. The van der Waals surface area contributed by atoms with E-state index in [0.717, 1.165) is 12.0 Å². The van der Waals surface area contributed by atoms with Crippen molar-refractivity contribution in [3.05, 3.63) is 34.9 Å². The minimum absolute atomic E-state index is 0.511. The molecule has 0 N–H and O–H groups in total. The van der Waals surface area contributed by atoms with E-state index >= 15 is 0 Å². The highest BCUT2D eigenvalue weighted by Crippen LogP contribution is 2.19. The van der Waals surface area contributed by atoms with Gasteiger partial charge >= 0.3 is 0 Å². The van der Waals surface area contributed by atoms with Gasteiger partial charge in [-0.05, 0) is 42.9 Å². The first-order valence-electron chi connectivity index (χ1n) is 4.96. The van der Waals surface area contributed by atoms with Crippen molar-refractivity contribution >= 4 is 0 Å². The monoisotopic (exact) mass is 198 g/mol. The average Bonchev–Trinajstić information content (AvgIpc) is 2.11.